The minimum atomic E-state index is 0.721. The van der Waals surface area contributed by atoms with Crippen LogP contribution >= 0.6 is 23.4 Å². The lowest BCUT2D eigenvalue weighted by Gasteiger charge is -2.03. The van der Waals surface area contributed by atoms with Crippen LogP contribution in [0.1, 0.15) is 23.6 Å². The van der Waals surface area contributed by atoms with Gasteiger partial charge in [-0.25, -0.2) is 0 Å². The van der Waals surface area contributed by atoms with Crippen LogP contribution in [0.5, 0.6) is 0 Å². The van der Waals surface area contributed by atoms with Crippen LogP contribution in [0.15, 0.2) is 65.1 Å². The van der Waals surface area contributed by atoms with Crippen molar-refractivity contribution in [2.45, 2.75) is 24.3 Å². The molecule has 6 heteroatoms. The highest BCUT2D eigenvalue weighted by atomic mass is 35.5. The van der Waals surface area contributed by atoms with Crippen molar-refractivity contribution in [2.24, 2.45) is 5.10 Å². The Morgan fingerprint density at radius 2 is 1.96 bits per heavy atom. The molecule has 0 N–H and O–H groups in total. The minimum Gasteiger partial charge on any atom is -0.195 e. The van der Waals surface area contributed by atoms with Gasteiger partial charge in [0.2, 0.25) is 5.16 Å². The summed E-state index contributed by atoms with van der Waals surface area (Å²) in [6.07, 6.45) is 4.44. The molecule has 0 saturated heterocycles. The average Bonchev–Trinajstić information content (AvgIpc) is 3.07. The first-order valence-electron chi connectivity index (χ1n) is 7.66. The molecule has 122 valence electrons. The lowest BCUT2D eigenvalue weighted by atomic mass is 10.1. The molecule has 0 unspecified atom stereocenters. The number of thioether (sulfide) groups is 1. The Labute approximate surface area is 150 Å². The summed E-state index contributed by atoms with van der Waals surface area (Å²) < 4.78 is 1.68. The minimum absolute atomic E-state index is 0.721. The van der Waals surface area contributed by atoms with Crippen LogP contribution in [0.3, 0.4) is 0 Å². The van der Waals surface area contributed by atoms with Crippen LogP contribution in [-0.4, -0.2) is 21.1 Å². The fourth-order valence-electron chi connectivity index (χ4n) is 2.12. The van der Waals surface area contributed by atoms with Gasteiger partial charge in [0.1, 0.15) is 6.33 Å². The zero-order valence-corrected chi connectivity index (χ0v) is 14.8. The van der Waals surface area contributed by atoms with E-state index in [1.165, 1.54) is 5.56 Å². The van der Waals surface area contributed by atoms with Crippen molar-refractivity contribution in [2.75, 3.05) is 0 Å². The van der Waals surface area contributed by atoms with Crippen LogP contribution in [0.2, 0.25) is 5.02 Å². The lowest BCUT2D eigenvalue weighted by molar-refractivity contribution is 0.767. The fraction of sp³-hybridized carbons (Fsp3) is 0.167. The van der Waals surface area contributed by atoms with E-state index in [2.05, 4.69) is 46.5 Å². The van der Waals surface area contributed by atoms with Gasteiger partial charge < -0.3 is 0 Å². The summed E-state index contributed by atoms with van der Waals surface area (Å²) in [6.45, 7) is 2.14. The van der Waals surface area contributed by atoms with Gasteiger partial charge in [-0.2, -0.15) is 9.78 Å². The van der Waals surface area contributed by atoms with Crippen molar-refractivity contribution in [1.82, 2.24) is 14.9 Å². The van der Waals surface area contributed by atoms with Crippen LogP contribution in [-0.2, 0) is 12.2 Å². The molecule has 3 rings (SSSR count). The lowest BCUT2D eigenvalue weighted by Crippen LogP contribution is -1.93. The summed E-state index contributed by atoms with van der Waals surface area (Å²) in [4.78, 5) is 0. The summed E-state index contributed by atoms with van der Waals surface area (Å²) in [7, 11) is 0. The maximum atomic E-state index is 6.18. The zero-order valence-electron chi connectivity index (χ0n) is 13.3. The molecule has 0 saturated carbocycles. The predicted octanol–water partition coefficient (Wildman–Crippen LogP) is 4.67. The van der Waals surface area contributed by atoms with E-state index in [1.807, 2.05) is 30.5 Å². The number of nitrogens with zero attached hydrogens (tertiary/aromatic N) is 4. The van der Waals surface area contributed by atoms with Gasteiger partial charge in [-0.15, -0.1) is 10.2 Å². The molecular formula is C18H17ClN4S. The second-order valence-corrected chi connectivity index (χ2v) is 6.53. The number of aromatic nitrogens is 3. The Bertz CT molecular complexity index is 827. The normalized spacial score (nSPS) is 11.2. The molecule has 0 atom stereocenters. The van der Waals surface area contributed by atoms with E-state index in [1.54, 1.807) is 22.8 Å². The first kappa shape index (κ1) is 16.7. The third-order valence-electron chi connectivity index (χ3n) is 3.53. The topological polar surface area (TPSA) is 43.1 Å². The largest absolute Gasteiger partial charge is 0.212 e. The highest BCUT2D eigenvalue weighted by molar-refractivity contribution is 7.98. The second kappa shape index (κ2) is 8.13. The van der Waals surface area contributed by atoms with Gasteiger partial charge in [0.25, 0.3) is 0 Å². The third kappa shape index (κ3) is 4.24. The standard InChI is InChI=1S/C18H17ClN4S/c1-2-14-7-9-15(10-8-14)11-21-23-13-20-22-18(23)24-12-16-5-3-4-6-17(16)19/h3-11,13H,2,12H2,1H3/b21-11-. The van der Waals surface area contributed by atoms with Crippen molar-refractivity contribution < 1.29 is 0 Å². The summed E-state index contributed by atoms with van der Waals surface area (Å²) >= 11 is 7.74. The summed E-state index contributed by atoms with van der Waals surface area (Å²) in [5.74, 6) is 0.721. The Kier molecular flexibility index (Phi) is 5.67. The molecule has 1 aromatic heterocycles. The van der Waals surface area contributed by atoms with Gasteiger partial charge in [0, 0.05) is 10.8 Å². The molecule has 4 nitrogen and oxygen atoms in total. The maximum Gasteiger partial charge on any atom is 0.212 e. The highest BCUT2D eigenvalue weighted by Crippen LogP contribution is 2.25. The van der Waals surface area contributed by atoms with Crippen molar-refractivity contribution in [3.05, 3.63) is 76.6 Å². The van der Waals surface area contributed by atoms with Crippen molar-refractivity contribution in [3.8, 4) is 0 Å². The molecule has 0 fully saturated rings. The summed E-state index contributed by atoms with van der Waals surface area (Å²) in [5, 5.41) is 14.0. The quantitative estimate of drug-likeness (QED) is 0.476. The zero-order chi connectivity index (χ0) is 16.8. The van der Waals surface area contributed by atoms with Gasteiger partial charge in [-0.1, -0.05) is 72.8 Å². The first-order chi connectivity index (χ1) is 11.8. The predicted molar refractivity (Wildman–Crippen MR) is 99.8 cm³/mol. The summed E-state index contributed by atoms with van der Waals surface area (Å²) in [5.41, 5.74) is 3.42. The number of halogens is 1. The third-order valence-corrected chi connectivity index (χ3v) is 4.89. The van der Waals surface area contributed by atoms with Crippen LogP contribution in [0.4, 0.5) is 0 Å². The van der Waals surface area contributed by atoms with E-state index < -0.39 is 0 Å². The molecule has 0 spiro atoms. The monoisotopic (exact) mass is 356 g/mol. The molecule has 0 amide bonds. The highest BCUT2D eigenvalue weighted by Gasteiger charge is 2.06. The molecule has 2 aromatic carbocycles. The van der Waals surface area contributed by atoms with Gasteiger partial charge in [-0.3, -0.25) is 0 Å². The number of aryl methyl sites for hydroxylation is 1. The van der Waals surface area contributed by atoms with Crippen molar-refractivity contribution in [3.63, 3.8) is 0 Å². The number of hydrogen-bond donors (Lipinski definition) is 0. The molecule has 0 bridgehead atoms. The molecule has 0 aliphatic heterocycles. The Morgan fingerprint density at radius 3 is 2.71 bits per heavy atom. The van der Waals surface area contributed by atoms with E-state index in [0.29, 0.717) is 0 Å². The molecule has 3 aromatic rings. The van der Waals surface area contributed by atoms with Crippen molar-refractivity contribution in [1.29, 1.82) is 0 Å². The van der Waals surface area contributed by atoms with Gasteiger partial charge in [-0.05, 0) is 29.2 Å². The van der Waals surface area contributed by atoms with Crippen LogP contribution < -0.4 is 0 Å². The molecule has 0 aliphatic rings. The number of benzene rings is 2. The Balaban J connectivity index is 1.68. The SMILES string of the molecule is CCc1ccc(/C=N\n2cnnc2SCc2ccccc2Cl)cc1. The Hall–Kier alpha value is -2.11. The van der Waals surface area contributed by atoms with Crippen LogP contribution in [0.25, 0.3) is 0 Å². The first-order valence-corrected chi connectivity index (χ1v) is 9.02. The average molecular weight is 357 g/mol. The second-order valence-electron chi connectivity index (χ2n) is 5.18. The van der Waals surface area contributed by atoms with Gasteiger partial charge in [0.05, 0.1) is 6.21 Å². The fourth-order valence-corrected chi connectivity index (χ4v) is 3.27. The van der Waals surface area contributed by atoms with Gasteiger partial charge in [0.15, 0.2) is 0 Å². The Morgan fingerprint density at radius 1 is 1.17 bits per heavy atom. The van der Waals surface area contributed by atoms with E-state index in [0.717, 1.165) is 33.5 Å². The van der Waals surface area contributed by atoms with E-state index >= 15 is 0 Å². The summed E-state index contributed by atoms with van der Waals surface area (Å²) in [6, 6.07) is 16.1. The maximum absolute atomic E-state index is 6.18. The smallest absolute Gasteiger partial charge is 0.195 e. The molecule has 0 radical (unpaired) electrons. The number of rotatable bonds is 6. The molecule has 1 heterocycles. The van der Waals surface area contributed by atoms with Crippen LogP contribution in [0, 0.1) is 0 Å². The number of hydrogen-bond acceptors (Lipinski definition) is 4. The van der Waals surface area contributed by atoms with Gasteiger partial charge >= 0.3 is 0 Å². The molecule has 0 aliphatic carbocycles. The molecular weight excluding hydrogens is 340 g/mol. The van der Waals surface area contributed by atoms with E-state index in [9.17, 15) is 0 Å². The molecule has 24 heavy (non-hydrogen) atoms. The van der Waals surface area contributed by atoms with Crippen molar-refractivity contribution >= 4 is 29.6 Å². The van der Waals surface area contributed by atoms with E-state index in [4.69, 9.17) is 11.6 Å². The van der Waals surface area contributed by atoms with E-state index in [-0.39, 0.29) is 0 Å².